The third-order valence-corrected chi connectivity index (χ3v) is 5.93. The Bertz CT molecular complexity index is 1400. The highest BCUT2D eigenvalue weighted by Crippen LogP contribution is 2.38. The van der Waals surface area contributed by atoms with E-state index in [9.17, 15) is 13.2 Å². The van der Waals surface area contributed by atoms with Gasteiger partial charge in [-0.3, -0.25) is 14.5 Å². The number of hydrogen-bond donors (Lipinski definition) is 2. The van der Waals surface area contributed by atoms with Crippen LogP contribution in [-0.4, -0.2) is 45.8 Å². The van der Waals surface area contributed by atoms with E-state index in [-0.39, 0.29) is 11.0 Å². The summed E-state index contributed by atoms with van der Waals surface area (Å²) in [5.41, 5.74) is 3.88. The number of ether oxygens (including phenoxy) is 1. The average Bonchev–Trinajstić information content (AvgIpc) is 2.76. The van der Waals surface area contributed by atoms with E-state index in [1.54, 1.807) is 30.3 Å². The quantitative estimate of drug-likeness (QED) is 0.471. The van der Waals surface area contributed by atoms with Gasteiger partial charge in [0, 0.05) is 37.1 Å². The Morgan fingerprint density at radius 2 is 1.74 bits per heavy atom. The molecule has 0 aliphatic rings. The van der Waals surface area contributed by atoms with Crippen LogP contribution >= 0.6 is 0 Å². The fourth-order valence-corrected chi connectivity index (χ4v) is 4.16. The van der Waals surface area contributed by atoms with Gasteiger partial charge in [-0.25, -0.2) is 13.4 Å². The Kier molecular flexibility index (Phi) is 7.40. The van der Waals surface area contributed by atoms with E-state index in [1.807, 2.05) is 50.5 Å². The summed E-state index contributed by atoms with van der Waals surface area (Å²) in [6, 6.07) is 10.9. The molecule has 186 valence electrons. The van der Waals surface area contributed by atoms with Crippen molar-refractivity contribution in [2.75, 3.05) is 37.1 Å². The van der Waals surface area contributed by atoms with Crippen molar-refractivity contribution in [1.82, 2.24) is 9.97 Å². The van der Waals surface area contributed by atoms with Crippen LogP contribution in [0, 0.1) is 0 Å². The van der Waals surface area contributed by atoms with E-state index in [4.69, 9.17) is 4.74 Å². The molecule has 0 saturated heterocycles. The van der Waals surface area contributed by atoms with E-state index in [1.165, 1.54) is 0 Å². The van der Waals surface area contributed by atoms with Crippen LogP contribution in [0.4, 0.5) is 11.6 Å². The van der Waals surface area contributed by atoms with Crippen molar-refractivity contribution < 1.29 is 13.2 Å². The second-order valence-corrected chi connectivity index (χ2v) is 11.3. The van der Waals surface area contributed by atoms with Crippen LogP contribution < -0.4 is 19.9 Å². The maximum absolute atomic E-state index is 12.9. The van der Waals surface area contributed by atoms with Crippen LogP contribution in [0.25, 0.3) is 23.3 Å². The molecule has 8 nitrogen and oxygen atoms in total. The van der Waals surface area contributed by atoms with Gasteiger partial charge in [0.2, 0.25) is 16.0 Å². The van der Waals surface area contributed by atoms with Gasteiger partial charge in [-0.15, -0.1) is 0 Å². The average molecular weight is 497 g/mol. The summed E-state index contributed by atoms with van der Waals surface area (Å²) in [6.07, 6.45) is 6.53. The summed E-state index contributed by atoms with van der Waals surface area (Å²) in [5.74, 6) is 1.21. The summed E-state index contributed by atoms with van der Waals surface area (Å²) in [7, 11) is 1.93. The highest BCUT2D eigenvalue weighted by atomic mass is 32.2. The Morgan fingerprint density at radius 3 is 2.26 bits per heavy atom. The van der Waals surface area contributed by atoms with Crippen molar-refractivity contribution >= 4 is 33.8 Å². The zero-order chi connectivity index (χ0) is 26.0. The molecule has 0 bridgehead atoms. The van der Waals surface area contributed by atoms with Gasteiger partial charge in [-0.1, -0.05) is 45.1 Å². The van der Waals surface area contributed by atoms with Crippen LogP contribution in [0.1, 0.15) is 37.5 Å². The fourth-order valence-electron chi connectivity index (χ4n) is 3.60. The van der Waals surface area contributed by atoms with Crippen molar-refractivity contribution in [2.24, 2.45) is 0 Å². The summed E-state index contributed by atoms with van der Waals surface area (Å²) < 4.78 is 31.1. The molecule has 0 unspecified atom stereocenters. The summed E-state index contributed by atoms with van der Waals surface area (Å²) in [4.78, 5) is 21.8. The molecular formula is C26H32N4O4S. The summed E-state index contributed by atoms with van der Waals surface area (Å²) in [5, 5.41) is 0. The molecule has 2 N–H and O–H groups in total. The molecule has 0 amide bonds. The van der Waals surface area contributed by atoms with E-state index in [0.717, 1.165) is 34.3 Å². The Labute approximate surface area is 206 Å². The second kappa shape index (κ2) is 9.95. The van der Waals surface area contributed by atoms with Crippen LogP contribution in [0.15, 0.2) is 47.4 Å². The molecular weight excluding hydrogens is 464 g/mol. The number of methoxy groups -OCH3 is 1. The molecule has 0 aliphatic carbocycles. The summed E-state index contributed by atoms with van der Waals surface area (Å²) >= 11 is 0. The lowest BCUT2D eigenvalue weighted by Crippen LogP contribution is -2.20. The number of aromatic nitrogens is 2. The number of nitrogens with one attached hydrogen (secondary N) is 2. The highest BCUT2D eigenvalue weighted by Gasteiger charge is 2.23. The zero-order valence-electron chi connectivity index (χ0n) is 21.1. The standard InChI is InChI=1S/C26H32N4O4S/c1-26(2,3)22-15-19(21-16-27-25(30(4)5)28-24(21)31)14-18(23(22)34-6)11-8-17-9-12-20(13-10-17)29-35(7,32)33/h8-16,29H,1-7H3,(H,27,28,31). The van der Waals surface area contributed by atoms with Gasteiger partial charge < -0.3 is 9.64 Å². The third-order valence-electron chi connectivity index (χ3n) is 5.32. The van der Waals surface area contributed by atoms with Crippen molar-refractivity contribution in [3.05, 3.63) is 69.6 Å². The first-order chi connectivity index (χ1) is 16.3. The first kappa shape index (κ1) is 26.0. The van der Waals surface area contributed by atoms with Crippen molar-refractivity contribution in [2.45, 2.75) is 26.2 Å². The number of H-pyrrole nitrogens is 1. The van der Waals surface area contributed by atoms with E-state index < -0.39 is 10.0 Å². The smallest absolute Gasteiger partial charge is 0.260 e. The van der Waals surface area contributed by atoms with Crippen molar-refractivity contribution in [3.63, 3.8) is 0 Å². The molecule has 0 spiro atoms. The lowest BCUT2D eigenvalue weighted by atomic mass is 9.83. The molecule has 0 saturated carbocycles. The van der Waals surface area contributed by atoms with Crippen LogP contribution in [0.3, 0.4) is 0 Å². The molecule has 35 heavy (non-hydrogen) atoms. The van der Waals surface area contributed by atoms with Crippen molar-refractivity contribution in [1.29, 1.82) is 0 Å². The molecule has 3 aromatic rings. The van der Waals surface area contributed by atoms with Crippen LogP contribution in [0.5, 0.6) is 5.75 Å². The van der Waals surface area contributed by atoms with E-state index in [2.05, 4.69) is 35.5 Å². The number of anilines is 2. The predicted octanol–water partition coefficient (Wildman–Crippen LogP) is 4.35. The molecule has 2 aromatic carbocycles. The van der Waals surface area contributed by atoms with Gasteiger partial charge in [0.1, 0.15) is 5.75 Å². The van der Waals surface area contributed by atoms with Gasteiger partial charge in [0.25, 0.3) is 5.56 Å². The SMILES string of the molecule is COc1c(C=Cc2ccc(NS(C)(=O)=O)cc2)cc(-c2cnc(N(C)C)[nH]c2=O)cc1C(C)(C)C. The predicted molar refractivity (Wildman–Crippen MR) is 144 cm³/mol. The highest BCUT2D eigenvalue weighted by molar-refractivity contribution is 7.92. The molecule has 1 aromatic heterocycles. The first-order valence-electron chi connectivity index (χ1n) is 11.0. The number of nitrogens with zero attached hydrogens (tertiary/aromatic N) is 2. The Morgan fingerprint density at radius 1 is 1.09 bits per heavy atom. The molecule has 1 heterocycles. The lowest BCUT2D eigenvalue weighted by Gasteiger charge is -2.24. The molecule has 0 atom stereocenters. The fraction of sp³-hybridized carbons (Fsp3) is 0.308. The minimum atomic E-state index is -3.34. The minimum Gasteiger partial charge on any atom is -0.496 e. The third kappa shape index (κ3) is 6.51. The maximum Gasteiger partial charge on any atom is 0.260 e. The number of rotatable bonds is 7. The second-order valence-electron chi connectivity index (χ2n) is 9.57. The number of sulfonamides is 1. The monoisotopic (exact) mass is 496 g/mol. The summed E-state index contributed by atoms with van der Waals surface area (Å²) in [6.45, 7) is 6.27. The van der Waals surface area contributed by atoms with Gasteiger partial charge in [0.05, 0.1) is 18.9 Å². The number of benzene rings is 2. The van der Waals surface area contributed by atoms with E-state index in [0.29, 0.717) is 17.2 Å². The molecule has 9 heteroatoms. The topological polar surface area (TPSA) is 104 Å². The van der Waals surface area contributed by atoms with Crippen molar-refractivity contribution in [3.8, 4) is 16.9 Å². The minimum absolute atomic E-state index is 0.224. The van der Waals surface area contributed by atoms with Gasteiger partial charge in [-0.2, -0.15) is 0 Å². The molecule has 0 fully saturated rings. The lowest BCUT2D eigenvalue weighted by molar-refractivity contribution is 0.397. The molecule has 3 rings (SSSR count). The normalized spacial score (nSPS) is 12.1. The molecule has 0 radical (unpaired) electrons. The van der Waals surface area contributed by atoms with Crippen LogP contribution in [-0.2, 0) is 15.4 Å². The van der Waals surface area contributed by atoms with Gasteiger partial charge in [-0.05, 0) is 40.8 Å². The van der Waals surface area contributed by atoms with E-state index >= 15 is 0 Å². The van der Waals surface area contributed by atoms with Crippen LogP contribution in [0.2, 0.25) is 0 Å². The Balaban J connectivity index is 2.09. The Hall–Kier alpha value is -3.59. The van der Waals surface area contributed by atoms with Gasteiger partial charge in [0.15, 0.2) is 0 Å². The number of hydrogen-bond acceptors (Lipinski definition) is 6. The molecule has 0 aliphatic heterocycles. The van der Waals surface area contributed by atoms with Gasteiger partial charge >= 0.3 is 0 Å². The first-order valence-corrected chi connectivity index (χ1v) is 12.9. The largest absolute Gasteiger partial charge is 0.496 e. The maximum atomic E-state index is 12.9. The zero-order valence-corrected chi connectivity index (χ0v) is 21.9. The number of aromatic amines is 1.